The largest absolute Gasteiger partial charge is 0.394 e. The molecule has 0 aliphatic rings. The van der Waals surface area contributed by atoms with Gasteiger partial charge in [0.15, 0.2) is 0 Å². The fraction of sp³-hybridized carbons (Fsp3) is 1.00. The molecule has 0 saturated heterocycles. The second kappa shape index (κ2) is 5.80. The Morgan fingerprint density at radius 2 is 2.08 bits per heavy atom. The Morgan fingerprint density at radius 3 is 2.50 bits per heavy atom. The van der Waals surface area contributed by atoms with Crippen LogP contribution in [-0.4, -0.2) is 40.0 Å². The first kappa shape index (κ1) is 12.2. The number of aliphatic hydroxyl groups is 2. The molecule has 0 aliphatic carbocycles. The molecule has 0 aromatic rings. The van der Waals surface area contributed by atoms with E-state index in [2.05, 4.69) is 0 Å². The zero-order chi connectivity index (χ0) is 9.61. The summed E-state index contributed by atoms with van der Waals surface area (Å²) in [4.78, 5) is 0. The Kier molecular flexibility index (Phi) is 5.92. The van der Waals surface area contributed by atoms with Crippen LogP contribution in [0.5, 0.6) is 0 Å². The first-order chi connectivity index (χ1) is 5.45. The van der Waals surface area contributed by atoms with Gasteiger partial charge in [0.25, 0.3) is 0 Å². The SMILES string of the molecule is CC(C)(N)CCSCC(O)CO. The molecule has 74 valence electrons. The van der Waals surface area contributed by atoms with Gasteiger partial charge in [-0.2, -0.15) is 11.8 Å². The van der Waals surface area contributed by atoms with E-state index in [4.69, 9.17) is 15.9 Å². The average molecular weight is 193 g/mol. The summed E-state index contributed by atoms with van der Waals surface area (Å²) in [5.74, 6) is 1.52. The third-order valence-electron chi connectivity index (χ3n) is 1.41. The normalized spacial score (nSPS) is 14.8. The molecule has 0 amide bonds. The van der Waals surface area contributed by atoms with Crippen LogP contribution in [0, 0.1) is 0 Å². The van der Waals surface area contributed by atoms with E-state index in [1.165, 1.54) is 0 Å². The lowest BCUT2D eigenvalue weighted by atomic mass is 10.0. The first-order valence-electron chi connectivity index (χ1n) is 4.11. The lowest BCUT2D eigenvalue weighted by molar-refractivity contribution is 0.113. The monoisotopic (exact) mass is 193 g/mol. The highest BCUT2D eigenvalue weighted by Crippen LogP contribution is 2.11. The summed E-state index contributed by atoms with van der Waals surface area (Å²) in [5.41, 5.74) is 5.63. The summed E-state index contributed by atoms with van der Waals surface area (Å²) in [7, 11) is 0. The van der Waals surface area contributed by atoms with Gasteiger partial charge in [0.05, 0.1) is 12.7 Å². The van der Waals surface area contributed by atoms with Crippen molar-refractivity contribution in [1.29, 1.82) is 0 Å². The Hall–Kier alpha value is 0.230. The molecule has 0 rings (SSSR count). The molecule has 12 heavy (non-hydrogen) atoms. The second-order valence-electron chi connectivity index (χ2n) is 3.65. The van der Waals surface area contributed by atoms with Crippen LogP contribution >= 0.6 is 11.8 Å². The zero-order valence-corrected chi connectivity index (χ0v) is 8.60. The quantitative estimate of drug-likeness (QED) is 0.527. The first-order valence-corrected chi connectivity index (χ1v) is 5.27. The van der Waals surface area contributed by atoms with E-state index < -0.39 is 6.10 Å². The summed E-state index contributed by atoms with van der Waals surface area (Å²) in [6, 6.07) is 0. The topological polar surface area (TPSA) is 66.5 Å². The maximum Gasteiger partial charge on any atom is 0.0861 e. The Balaban J connectivity index is 3.22. The van der Waals surface area contributed by atoms with Crippen LogP contribution in [0.15, 0.2) is 0 Å². The van der Waals surface area contributed by atoms with E-state index in [-0.39, 0.29) is 12.1 Å². The van der Waals surface area contributed by atoms with Crippen LogP contribution in [0.1, 0.15) is 20.3 Å². The second-order valence-corrected chi connectivity index (χ2v) is 4.80. The van der Waals surface area contributed by atoms with Crippen LogP contribution in [0.2, 0.25) is 0 Å². The number of hydrogen-bond acceptors (Lipinski definition) is 4. The minimum absolute atomic E-state index is 0.128. The predicted octanol–water partition coefficient (Wildman–Crippen LogP) is 0.200. The molecular formula is C8H19NO2S. The molecule has 4 heteroatoms. The highest BCUT2D eigenvalue weighted by molar-refractivity contribution is 7.99. The standard InChI is InChI=1S/C8H19NO2S/c1-8(2,9)3-4-12-6-7(11)5-10/h7,10-11H,3-6,9H2,1-2H3. The van der Waals surface area contributed by atoms with Crippen molar-refractivity contribution in [2.45, 2.75) is 31.9 Å². The summed E-state index contributed by atoms with van der Waals surface area (Å²) in [6.07, 6.45) is 0.339. The maximum atomic E-state index is 8.99. The molecule has 0 aromatic heterocycles. The zero-order valence-electron chi connectivity index (χ0n) is 7.79. The number of nitrogens with two attached hydrogens (primary N) is 1. The molecule has 0 radical (unpaired) electrons. The van der Waals surface area contributed by atoms with Gasteiger partial charge in [0.1, 0.15) is 0 Å². The van der Waals surface area contributed by atoms with Crippen molar-refractivity contribution in [3.8, 4) is 0 Å². The van der Waals surface area contributed by atoms with E-state index in [1.54, 1.807) is 11.8 Å². The van der Waals surface area contributed by atoms with Crippen LogP contribution in [0.3, 0.4) is 0 Å². The predicted molar refractivity (Wildman–Crippen MR) is 53.3 cm³/mol. The van der Waals surface area contributed by atoms with Gasteiger partial charge in [-0.1, -0.05) is 0 Å². The lowest BCUT2D eigenvalue weighted by Crippen LogP contribution is -2.32. The molecule has 4 N–H and O–H groups in total. The molecule has 0 aliphatic heterocycles. The van der Waals surface area contributed by atoms with Gasteiger partial charge in [-0.3, -0.25) is 0 Å². The third-order valence-corrected chi connectivity index (χ3v) is 2.52. The van der Waals surface area contributed by atoms with E-state index >= 15 is 0 Å². The fourth-order valence-electron chi connectivity index (χ4n) is 0.607. The molecule has 3 nitrogen and oxygen atoms in total. The molecule has 1 atom stereocenters. The molecule has 0 aromatic carbocycles. The Labute approximate surface area is 78.3 Å². The van der Waals surface area contributed by atoms with E-state index in [0.29, 0.717) is 5.75 Å². The van der Waals surface area contributed by atoms with Crippen molar-refractivity contribution in [3.05, 3.63) is 0 Å². The minimum Gasteiger partial charge on any atom is -0.394 e. The smallest absolute Gasteiger partial charge is 0.0861 e. The van der Waals surface area contributed by atoms with Crippen molar-refractivity contribution in [2.75, 3.05) is 18.1 Å². The van der Waals surface area contributed by atoms with Crippen molar-refractivity contribution in [3.63, 3.8) is 0 Å². The van der Waals surface area contributed by atoms with Crippen molar-refractivity contribution in [2.24, 2.45) is 5.73 Å². The molecule has 0 saturated carbocycles. The molecular weight excluding hydrogens is 174 g/mol. The minimum atomic E-state index is -0.587. The van der Waals surface area contributed by atoms with Gasteiger partial charge in [-0.15, -0.1) is 0 Å². The van der Waals surface area contributed by atoms with Crippen LogP contribution in [0.25, 0.3) is 0 Å². The van der Waals surface area contributed by atoms with Gasteiger partial charge in [-0.25, -0.2) is 0 Å². The van der Waals surface area contributed by atoms with Gasteiger partial charge in [-0.05, 0) is 26.0 Å². The van der Waals surface area contributed by atoms with E-state index in [1.807, 2.05) is 13.8 Å². The van der Waals surface area contributed by atoms with E-state index in [0.717, 1.165) is 12.2 Å². The van der Waals surface area contributed by atoms with Crippen LogP contribution in [0.4, 0.5) is 0 Å². The number of thioether (sulfide) groups is 1. The van der Waals surface area contributed by atoms with Crippen LogP contribution in [-0.2, 0) is 0 Å². The number of rotatable bonds is 6. The summed E-state index contributed by atoms with van der Waals surface area (Å²) >= 11 is 1.62. The highest BCUT2D eigenvalue weighted by atomic mass is 32.2. The third kappa shape index (κ3) is 8.33. The van der Waals surface area contributed by atoms with Crippen molar-refractivity contribution < 1.29 is 10.2 Å². The number of aliphatic hydroxyl groups excluding tert-OH is 2. The maximum absolute atomic E-state index is 8.99. The summed E-state index contributed by atoms with van der Waals surface area (Å²) in [5, 5.41) is 17.5. The highest BCUT2D eigenvalue weighted by Gasteiger charge is 2.10. The Bertz CT molecular complexity index is 114. The van der Waals surface area contributed by atoms with Crippen molar-refractivity contribution >= 4 is 11.8 Å². The summed E-state index contributed by atoms with van der Waals surface area (Å²) in [6.45, 7) is 3.81. The molecule has 0 spiro atoms. The van der Waals surface area contributed by atoms with Gasteiger partial charge < -0.3 is 15.9 Å². The van der Waals surface area contributed by atoms with Crippen LogP contribution < -0.4 is 5.73 Å². The fourth-order valence-corrected chi connectivity index (χ4v) is 1.82. The average Bonchev–Trinajstić information content (AvgIpc) is 1.96. The van der Waals surface area contributed by atoms with Gasteiger partial charge in [0.2, 0.25) is 0 Å². The molecule has 1 unspecified atom stereocenters. The molecule has 0 bridgehead atoms. The van der Waals surface area contributed by atoms with Gasteiger partial charge >= 0.3 is 0 Å². The molecule has 0 heterocycles. The van der Waals surface area contributed by atoms with Crippen molar-refractivity contribution in [1.82, 2.24) is 0 Å². The lowest BCUT2D eigenvalue weighted by Gasteiger charge is -2.17. The van der Waals surface area contributed by atoms with Gasteiger partial charge in [0, 0.05) is 11.3 Å². The molecule has 0 fully saturated rings. The Morgan fingerprint density at radius 1 is 1.50 bits per heavy atom. The number of hydrogen-bond donors (Lipinski definition) is 3. The van der Waals surface area contributed by atoms with E-state index in [9.17, 15) is 0 Å². The summed E-state index contributed by atoms with van der Waals surface area (Å²) < 4.78 is 0.